The van der Waals surface area contributed by atoms with Crippen molar-refractivity contribution in [3.8, 4) is 39.1 Å². The fraction of sp³-hybridized carbons (Fsp3) is 0.0204. The Hall–Kier alpha value is -7.04. The second kappa shape index (κ2) is 11.8. The van der Waals surface area contributed by atoms with Gasteiger partial charge in [0.2, 0.25) is 0 Å². The second-order valence-corrected chi connectivity index (χ2v) is 13.8. The number of hydrogen-bond acceptors (Lipinski definition) is 3. The predicted molar refractivity (Wildman–Crippen MR) is 220 cm³/mol. The first kappa shape index (κ1) is 29.7. The molecule has 1 aliphatic heterocycles. The fourth-order valence-electron chi connectivity index (χ4n) is 8.45. The van der Waals surface area contributed by atoms with Gasteiger partial charge in [0.25, 0.3) is 0 Å². The summed E-state index contributed by atoms with van der Waals surface area (Å²) in [7, 11) is 0. The van der Waals surface area contributed by atoms with Crippen LogP contribution in [0.1, 0.15) is 22.9 Å². The molecule has 1 aromatic heterocycles. The molecule has 0 saturated heterocycles. The molecule has 0 spiro atoms. The van der Waals surface area contributed by atoms with Gasteiger partial charge in [0.15, 0.2) is 5.84 Å². The van der Waals surface area contributed by atoms with Crippen molar-refractivity contribution in [1.82, 2.24) is 9.88 Å². The van der Waals surface area contributed by atoms with E-state index in [2.05, 4.69) is 186 Å². The standard InChI is InChI=1S/C49H32N4/c1-3-14-31(15-4-1)34-19-11-20-35(30-34)48-50-47(33-16-5-2-6-17-33)51-49(52-48)40-23-9-10-26-41(40)53-42-27-13-25-39-37-22-8-7-21-36(37)38-24-12-18-32-28-29-43(53)46(44(32)38)45(39)42/h1-30,48H,(H,50,51,52). The average Bonchev–Trinajstić information content (AvgIpc) is 3.52. The van der Waals surface area contributed by atoms with E-state index in [0.717, 1.165) is 39.3 Å². The van der Waals surface area contributed by atoms with Crippen molar-refractivity contribution < 1.29 is 0 Å². The van der Waals surface area contributed by atoms with E-state index in [0.29, 0.717) is 5.84 Å². The number of hydrogen-bond donors (Lipinski definition) is 1. The Bertz CT molecular complexity index is 2970. The third-order valence-electron chi connectivity index (χ3n) is 10.8. The first-order valence-electron chi connectivity index (χ1n) is 18.1. The van der Waals surface area contributed by atoms with Gasteiger partial charge in [0.1, 0.15) is 12.0 Å². The van der Waals surface area contributed by atoms with Crippen LogP contribution in [0, 0.1) is 0 Å². The summed E-state index contributed by atoms with van der Waals surface area (Å²) in [5.74, 6) is 1.49. The van der Waals surface area contributed by atoms with Crippen LogP contribution in [-0.2, 0) is 0 Å². The number of nitrogens with zero attached hydrogens (tertiary/aromatic N) is 3. The van der Waals surface area contributed by atoms with E-state index in [9.17, 15) is 0 Å². The Labute approximate surface area is 307 Å². The van der Waals surface area contributed by atoms with E-state index in [1.165, 1.54) is 54.9 Å². The first-order chi connectivity index (χ1) is 26.3. The zero-order chi connectivity index (χ0) is 34.9. The molecule has 8 aromatic carbocycles. The minimum atomic E-state index is -0.340. The molecule has 9 aromatic rings. The Morgan fingerprint density at radius 2 is 1.04 bits per heavy atom. The summed E-state index contributed by atoms with van der Waals surface area (Å²) >= 11 is 0. The Balaban J connectivity index is 1.16. The third-order valence-corrected chi connectivity index (χ3v) is 10.8. The molecule has 1 aliphatic carbocycles. The Kier molecular flexibility index (Phi) is 6.58. The lowest BCUT2D eigenvalue weighted by Gasteiger charge is -2.25. The molecule has 0 fully saturated rings. The molecule has 2 aliphatic rings. The average molecular weight is 677 g/mol. The second-order valence-electron chi connectivity index (χ2n) is 13.8. The molecule has 53 heavy (non-hydrogen) atoms. The lowest BCUT2D eigenvalue weighted by molar-refractivity contribution is 0.674. The van der Waals surface area contributed by atoms with Gasteiger partial charge in [0, 0.05) is 21.9 Å². The molecule has 0 amide bonds. The molecule has 0 radical (unpaired) electrons. The first-order valence-corrected chi connectivity index (χ1v) is 18.1. The van der Waals surface area contributed by atoms with Crippen LogP contribution in [0.5, 0.6) is 0 Å². The number of rotatable bonds is 5. The number of benzene rings is 8. The van der Waals surface area contributed by atoms with Crippen LogP contribution in [0.2, 0.25) is 0 Å². The van der Waals surface area contributed by atoms with Crippen molar-refractivity contribution in [3.05, 3.63) is 199 Å². The van der Waals surface area contributed by atoms with Crippen molar-refractivity contribution in [2.24, 2.45) is 9.98 Å². The van der Waals surface area contributed by atoms with Crippen molar-refractivity contribution in [2.75, 3.05) is 0 Å². The summed E-state index contributed by atoms with van der Waals surface area (Å²) < 4.78 is 2.43. The smallest absolute Gasteiger partial charge is 0.161 e. The monoisotopic (exact) mass is 676 g/mol. The molecule has 4 heteroatoms. The lowest BCUT2D eigenvalue weighted by Crippen LogP contribution is -2.33. The predicted octanol–water partition coefficient (Wildman–Crippen LogP) is 11.7. The SMILES string of the molecule is c1ccc(C2=NC(c3ccccc3-n3c4cccc5c4c4c6c(cccc6ccc43)-c3ccccc3-5)=NC(c3cccc(-c4ccccc4)c3)N2)cc1. The number of aromatic nitrogens is 1. The van der Waals surface area contributed by atoms with Gasteiger partial charge in [-0.25, -0.2) is 9.98 Å². The highest BCUT2D eigenvalue weighted by molar-refractivity contribution is 6.30. The molecule has 0 bridgehead atoms. The van der Waals surface area contributed by atoms with Gasteiger partial charge in [-0.15, -0.1) is 0 Å². The number of para-hydroxylation sites is 1. The minimum Gasteiger partial charge on any atom is -0.344 e. The molecular formula is C49H32N4. The molecule has 1 unspecified atom stereocenters. The van der Waals surface area contributed by atoms with E-state index in [-0.39, 0.29) is 6.17 Å². The quantitative estimate of drug-likeness (QED) is 0.194. The molecule has 1 atom stereocenters. The number of fused-ring (bicyclic) bond motifs is 3. The van der Waals surface area contributed by atoms with E-state index in [4.69, 9.17) is 9.98 Å². The zero-order valence-electron chi connectivity index (χ0n) is 28.7. The molecule has 11 rings (SSSR count). The van der Waals surface area contributed by atoms with Crippen LogP contribution in [-0.4, -0.2) is 16.2 Å². The van der Waals surface area contributed by atoms with Gasteiger partial charge in [-0.1, -0.05) is 152 Å². The van der Waals surface area contributed by atoms with Gasteiger partial charge >= 0.3 is 0 Å². The maximum atomic E-state index is 5.39. The van der Waals surface area contributed by atoms with Crippen LogP contribution in [0.3, 0.4) is 0 Å². The van der Waals surface area contributed by atoms with E-state index < -0.39 is 0 Å². The van der Waals surface area contributed by atoms with Crippen molar-refractivity contribution in [1.29, 1.82) is 0 Å². The van der Waals surface area contributed by atoms with Crippen molar-refractivity contribution >= 4 is 44.2 Å². The van der Waals surface area contributed by atoms with E-state index in [1.54, 1.807) is 0 Å². The fourth-order valence-corrected chi connectivity index (χ4v) is 8.45. The van der Waals surface area contributed by atoms with Crippen LogP contribution in [0.4, 0.5) is 0 Å². The van der Waals surface area contributed by atoms with Crippen LogP contribution >= 0.6 is 0 Å². The van der Waals surface area contributed by atoms with Gasteiger partial charge in [-0.2, -0.15) is 0 Å². The van der Waals surface area contributed by atoms with E-state index >= 15 is 0 Å². The summed E-state index contributed by atoms with van der Waals surface area (Å²) in [5, 5.41) is 8.78. The minimum absolute atomic E-state index is 0.340. The highest BCUT2D eigenvalue weighted by Crippen LogP contribution is 2.49. The van der Waals surface area contributed by atoms with E-state index in [1.807, 2.05) is 6.07 Å². The number of nitrogens with one attached hydrogen (secondary N) is 1. The largest absolute Gasteiger partial charge is 0.344 e. The number of aliphatic imine (C=N–C) groups is 2. The highest BCUT2D eigenvalue weighted by Gasteiger charge is 2.27. The molecule has 4 nitrogen and oxygen atoms in total. The van der Waals surface area contributed by atoms with Crippen LogP contribution in [0.25, 0.3) is 71.6 Å². The highest BCUT2D eigenvalue weighted by atomic mass is 15.2. The lowest BCUT2D eigenvalue weighted by atomic mass is 9.93. The summed E-state index contributed by atoms with van der Waals surface area (Å²) in [6.07, 6.45) is -0.340. The summed E-state index contributed by atoms with van der Waals surface area (Å²) in [5.41, 5.74) is 13.8. The van der Waals surface area contributed by atoms with Crippen molar-refractivity contribution in [3.63, 3.8) is 0 Å². The number of amidine groups is 2. The summed E-state index contributed by atoms with van der Waals surface area (Å²) in [4.78, 5) is 10.7. The maximum absolute atomic E-state index is 5.39. The maximum Gasteiger partial charge on any atom is 0.161 e. The Morgan fingerprint density at radius 1 is 0.434 bits per heavy atom. The Morgan fingerprint density at radius 3 is 1.83 bits per heavy atom. The van der Waals surface area contributed by atoms with Crippen molar-refractivity contribution in [2.45, 2.75) is 6.17 Å². The summed E-state index contributed by atoms with van der Waals surface area (Å²) in [6.45, 7) is 0. The van der Waals surface area contributed by atoms with Gasteiger partial charge in [0.05, 0.1) is 16.7 Å². The normalized spacial score (nSPS) is 14.6. The molecule has 1 N–H and O–H groups in total. The van der Waals surface area contributed by atoms with Crippen LogP contribution < -0.4 is 5.32 Å². The third kappa shape index (κ3) is 4.62. The van der Waals surface area contributed by atoms with Gasteiger partial charge in [-0.05, 0) is 80.0 Å². The molecule has 248 valence electrons. The zero-order valence-corrected chi connectivity index (χ0v) is 28.7. The topological polar surface area (TPSA) is 41.7 Å². The summed E-state index contributed by atoms with van der Waals surface area (Å²) in [6, 6.07) is 65.0. The van der Waals surface area contributed by atoms with Crippen LogP contribution in [0.15, 0.2) is 192 Å². The van der Waals surface area contributed by atoms with Gasteiger partial charge in [-0.3, -0.25) is 0 Å². The molecular weight excluding hydrogens is 645 g/mol. The van der Waals surface area contributed by atoms with Gasteiger partial charge < -0.3 is 9.88 Å². The molecule has 0 saturated carbocycles. The molecule has 2 heterocycles.